The van der Waals surface area contributed by atoms with Crippen LogP contribution in [0.1, 0.15) is 133 Å². The van der Waals surface area contributed by atoms with Crippen LogP contribution < -0.4 is 28.7 Å². The number of aliphatic hydroxyl groups excluding tert-OH is 2. The summed E-state index contributed by atoms with van der Waals surface area (Å²) in [4.78, 5) is 55.6. The number of allylic oxidation sites excluding steroid dienone is 2. The monoisotopic (exact) mass is 1280 g/mol. The minimum Gasteiger partial charge on any atom is -0.490 e. The summed E-state index contributed by atoms with van der Waals surface area (Å²) in [7, 11) is -6.06. The van der Waals surface area contributed by atoms with Crippen LogP contribution in [0.5, 0.6) is 11.5 Å². The zero-order valence-electron chi connectivity index (χ0n) is 49.7. The first-order chi connectivity index (χ1) is 42.2. The Morgan fingerprint density at radius 1 is 0.602 bits per heavy atom. The molecule has 18 nitrogen and oxygen atoms in total. The number of hydrogen-bond donors (Lipinski definition) is 4. The second-order valence-corrected chi connectivity index (χ2v) is 30.1. The fourth-order valence-corrected chi connectivity index (χ4v) is 17.8. The molecule has 4 aromatic rings. The van der Waals surface area contributed by atoms with Gasteiger partial charge in [0.2, 0.25) is 20.0 Å². The average molecular weight is 1290 g/mol. The van der Waals surface area contributed by atoms with Crippen LogP contribution in [0.4, 0.5) is 11.4 Å². The molecular weight excluding hydrogens is 1210 g/mol. The van der Waals surface area contributed by atoms with Crippen LogP contribution in [-0.2, 0) is 62.8 Å². The van der Waals surface area contributed by atoms with E-state index in [9.17, 15) is 46.2 Å². The number of halogens is 2. The maximum Gasteiger partial charge on any atom is 0.306 e. The average Bonchev–Trinajstić information content (AvgIpc) is 2.73. The van der Waals surface area contributed by atoms with Crippen molar-refractivity contribution < 1.29 is 65.2 Å². The minimum atomic E-state index is -4.23. The zero-order chi connectivity index (χ0) is 62.1. The highest BCUT2D eigenvalue weighted by Gasteiger charge is 2.47. The van der Waals surface area contributed by atoms with Crippen LogP contribution in [0, 0.1) is 23.7 Å². The number of aliphatic hydroxyl groups is 2. The Hall–Kier alpha value is -6.16. The Morgan fingerprint density at radius 3 is 1.41 bits per heavy atom. The molecule has 2 spiro atoms. The van der Waals surface area contributed by atoms with Gasteiger partial charge in [-0.05, 0) is 196 Å². The first-order valence-corrected chi connectivity index (χ1v) is 34.6. The molecule has 88 heavy (non-hydrogen) atoms. The van der Waals surface area contributed by atoms with Gasteiger partial charge >= 0.3 is 11.9 Å². The number of benzene rings is 4. The van der Waals surface area contributed by atoms with Gasteiger partial charge < -0.3 is 39.0 Å². The van der Waals surface area contributed by atoms with Crippen LogP contribution in [-0.4, -0.2) is 127 Å². The van der Waals surface area contributed by atoms with Gasteiger partial charge in [0.1, 0.15) is 11.5 Å². The highest BCUT2D eigenvalue weighted by molar-refractivity contribution is 7.91. The lowest BCUT2D eigenvalue weighted by atomic mass is 9.68. The van der Waals surface area contributed by atoms with Crippen molar-refractivity contribution >= 4 is 78.4 Å². The van der Waals surface area contributed by atoms with E-state index in [4.69, 9.17) is 42.1 Å². The Kier molecular flexibility index (Phi) is 19.0. The van der Waals surface area contributed by atoms with E-state index in [-0.39, 0.29) is 71.3 Å². The van der Waals surface area contributed by atoms with E-state index < -0.39 is 66.5 Å². The van der Waals surface area contributed by atoms with Crippen molar-refractivity contribution in [2.45, 2.75) is 136 Å². The number of carbonyl (C=O) groups is 4. The van der Waals surface area contributed by atoms with Gasteiger partial charge in [-0.25, -0.2) is 26.3 Å². The number of rotatable bonds is 4. The molecule has 4 aromatic carbocycles. The number of sulfonamides is 2. The number of methoxy groups -OCH3 is 2. The zero-order valence-corrected chi connectivity index (χ0v) is 52.8. The Morgan fingerprint density at radius 2 is 1.02 bits per heavy atom. The maximum absolute atomic E-state index is 13.4. The first kappa shape index (κ1) is 63.4. The summed E-state index contributed by atoms with van der Waals surface area (Å²) in [6.07, 6.45) is 15.2. The van der Waals surface area contributed by atoms with E-state index in [1.165, 1.54) is 36.5 Å². The molecule has 4 bridgehead atoms. The fourth-order valence-electron chi connectivity index (χ4n) is 14.8. The molecular formula is C66H78Cl2N4O14S2. The molecule has 2 saturated carbocycles. The quantitative estimate of drug-likeness (QED) is 0.110. The van der Waals surface area contributed by atoms with Gasteiger partial charge in [-0.1, -0.05) is 59.6 Å². The summed E-state index contributed by atoms with van der Waals surface area (Å²) in [5, 5.41) is 21.3. The van der Waals surface area contributed by atoms with Gasteiger partial charge in [0.25, 0.3) is 11.8 Å². The third-order valence-electron chi connectivity index (χ3n) is 19.9. The van der Waals surface area contributed by atoms with Crippen LogP contribution in [0.2, 0.25) is 10.0 Å². The van der Waals surface area contributed by atoms with Crippen molar-refractivity contribution in [2.75, 3.05) is 63.4 Å². The molecule has 12 rings (SSSR count). The molecule has 8 aliphatic rings. The smallest absolute Gasteiger partial charge is 0.306 e. The molecule has 2 fully saturated rings. The van der Waals surface area contributed by atoms with Crippen molar-refractivity contribution in [1.29, 1.82) is 0 Å². The molecule has 2 amide bonds. The Labute approximate surface area is 525 Å². The summed E-state index contributed by atoms with van der Waals surface area (Å²) in [6, 6.07) is 22.2. The lowest BCUT2D eigenvalue weighted by molar-refractivity contribution is -0.141. The Balaban J connectivity index is 0.000000182. The van der Waals surface area contributed by atoms with Gasteiger partial charge in [-0.2, -0.15) is 0 Å². The molecule has 0 saturated heterocycles. The second kappa shape index (κ2) is 26.4. The summed E-state index contributed by atoms with van der Waals surface area (Å²) < 4.78 is 80.3. The van der Waals surface area contributed by atoms with Crippen molar-refractivity contribution in [3.8, 4) is 11.5 Å². The van der Waals surface area contributed by atoms with Gasteiger partial charge in [0, 0.05) is 58.2 Å². The van der Waals surface area contributed by atoms with E-state index in [0.717, 1.165) is 75.6 Å². The number of nitrogens with zero attached hydrogens (tertiary/aromatic N) is 2. The van der Waals surface area contributed by atoms with Crippen molar-refractivity contribution in [2.24, 2.45) is 23.7 Å². The van der Waals surface area contributed by atoms with Gasteiger partial charge in [-0.15, -0.1) is 0 Å². The minimum absolute atomic E-state index is 0.0567. The molecule has 0 aromatic heterocycles. The van der Waals surface area contributed by atoms with Crippen LogP contribution in [0.3, 0.4) is 0 Å². The summed E-state index contributed by atoms with van der Waals surface area (Å²) in [6.45, 7) is 3.55. The normalized spacial score (nSPS) is 30.4. The predicted molar refractivity (Wildman–Crippen MR) is 335 cm³/mol. The number of amides is 2. The molecule has 4 N–H and O–H groups in total. The molecule has 22 heteroatoms. The predicted octanol–water partition coefficient (Wildman–Crippen LogP) is 9.08. The number of nitrogens with one attached hydrogen (secondary N) is 2. The number of esters is 2. The highest BCUT2D eigenvalue weighted by atomic mass is 35.5. The van der Waals surface area contributed by atoms with E-state index in [1.54, 1.807) is 60.7 Å². The lowest BCUT2D eigenvalue weighted by Gasteiger charge is -2.45. The molecule has 4 aliphatic heterocycles. The maximum atomic E-state index is 13.4. The molecule has 0 radical (unpaired) electrons. The number of carbonyl (C=O) groups excluding carboxylic acids is 4. The summed E-state index contributed by atoms with van der Waals surface area (Å²) in [5.74, 6) is -1.07. The highest BCUT2D eigenvalue weighted by Crippen LogP contribution is 2.49. The number of hydrogen-bond acceptors (Lipinski definition) is 16. The third kappa shape index (κ3) is 13.5. The van der Waals surface area contributed by atoms with E-state index in [1.807, 2.05) is 24.3 Å². The van der Waals surface area contributed by atoms with E-state index in [0.29, 0.717) is 73.8 Å². The summed E-state index contributed by atoms with van der Waals surface area (Å²) in [5.41, 5.74) is 6.10. The third-order valence-corrected chi connectivity index (χ3v) is 23.9. The van der Waals surface area contributed by atoms with Crippen LogP contribution >= 0.6 is 23.2 Å². The molecule has 4 heterocycles. The fraction of sp³-hybridized carbons (Fsp3) is 0.515. The van der Waals surface area contributed by atoms with E-state index >= 15 is 0 Å². The number of ether oxygens (including phenoxy) is 4. The van der Waals surface area contributed by atoms with Crippen molar-refractivity contribution in [3.63, 3.8) is 0 Å². The number of anilines is 2. The van der Waals surface area contributed by atoms with Crippen LogP contribution in [0.15, 0.2) is 97.1 Å². The van der Waals surface area contributed by atoms with Crippen molar-refractivity contribution in [3.05, 3.63) is 141 Å². The van der Waals surface area contributed by atoms with Gasteiger partial charge in [0.15, 0.2) is 0 Å². The van der Waals surface area contributed by atoms with Gasteiger partial charge in [0.05, 0.1) is 74.4 Å². The number of aryl methyl sites for hydroxylation is 2. The molecule has 472 valence electrons. The largest absolute Gasteiger partial charge is 0.490 e. The van der Waals surface area contributed by atoms with E-state index in [2.05, 4.69) is 31.4 Å². The Bertz CT molecular complexity index is 3390. The number of fused-ring (bicyclic) bond motifs is 8. The summed E-state index contributed by atoms with van der Waals surface area (Å²) >= 11 is 12.8. The standard InChI is InChI=1S/2C33H39ClN2O7S/c2*1-42-31(38)17-25-6-2-3-7-29(37)26-11-8-23(26)18-36-19-33(14-4-5-21-15-24(34)10-12-27(21)33)20-43-30-13-9-22(16-28(30)36)32(39)35-44(25,40)41/h2*3,7,9-10,12-13,15-16,23,25-26,29,37H,2,4-6,8,11,14,17-20H2,1H3,(H,35,39)/b2*7-3+/t23-,25+,26+,29-,33-;23-,25-,26+,29-,33-/m00/s1. The lowest BCUT2D eigenvalue weighted by Crippen LogP contribution is -2.49. The van der Waals surface area contributed by atoms with Gasteiger partial charge in [-0.3, -0.25) is 19.2 Å². The molecule has 10 atom stereocenters. The van der Waals surface area contributed by atoms with Crippen LogP contribution in [0.25, 0.3) is 0 Å². The topological polar surface area (TPSA) is 244 Å². The SMILES string of the molecule is COC(=O)C[C@@H]1CC/C=C/[C@H](O)[C@@H]2CC[C@H]2CN2C[C@@]3(CCCc4cc(Cl)ccc43)COc3ccc(cc32)C(=O)NS1(=O)=O.COC(=O)C[C@H]1CC/C=C/[C@H](O)[C@@H]2CC[C@H]2CN2C[C@@]3(CCCc4cc(Cl)ccc43)COc3ccc(cc32)C(=O)NS1(=O)=O. The second-order valence-electron chi connectivity index (χ2n) is 25.3. The molecule has 0 unspecified atom stereocenters. The first-order valence-electron chi connectivity index (χ1n) is 30.7. The molecule has 4 aliphatic carbocycles. The van der Waals surface area contributed by atoms with Crippen molar-refractivity contribution in [1.82, 2.24) is 9.44 Å².